The Balaban J connectivity index is 1.33. The summed E-state index contributed by atoms with van der Waals surface area (Å²) in [4.78, 5) is 5.03. The van der Waals surface area contributed by atoms with Crippen LogP contribution in [0.25, 0.3) is 0 Å². The van der Waals surface area contributed by atoms with E-state index in [0.717, 1.165) is 25.5 Å². The maximum Gasteiger partial charge on any atom is 0.146 e. The van der Waals surface area contributed by atoms with E-state index in [9.17, 15) is 0 Å². The SMILES string of the molecule is Cc1cccc(CN2CC[C@H](N(C)Cc3nnc(C4CC4)n3C)C2)c1. The smallest absolute Gasteiger partial charge is 0.146 e. The van der Waals surface area contributed by atoms with Gasteiger partial charge >= 0.3 is 0 Å². The number of nitrogens with zero attached hydrogens (tertiary/aromatic N) is 5. The van der Waals surface area contributed by atoms with Gasteiger partial charge in [0.15, 0.2) is 0 Å². The molecule has 0 radical (unpaired) electrons. The standard InChI is InChI=1S/C20H29N5/c1-15-5-4-6-16(11-15)12-25-10-9-18(13-25)23(2)14-19-21-22-20(24(19)3)17-7-8-17/h4-6,11,17-18H,7-10,12-14H2,1-3H3/t18-/m0/s1. The Labute approximate surface area is 150 Å². The summed E-state index contributed by atoms with van der Waals surface area (Å²) in [6.07, 6.45) is 3.78. The molecule has 1 aliphatic heterocycles. The van der Waals surface area contributed by atoms with Crippen molar-refractivity contribution >= 4 is 0 Å². The summed E-state index contributed by atoms with van der Waals surface area (Å²) in [5.74, 6) is 2.94. The predicted octanol–water partition coefficient (Wildman–Crippen LogP) is 2.71. The van der Waals surface area contributed by atoms with Gasteiger partial charge < -0.3 is 4.57 Å². The van der Waals surface area contributed by atoms with E-state index in [2.05, 4.69) is 69.8 Å². The van der Waals surface area contributed by atoms with Crippen LogP contribution in [-0.4, -0.2) is 50.7 Å². The maximum atomic E-state index is 4.44. The first-order chi connectivity index (χ1) is 12.1. The molecule has 0 N–H and O–H groups in total. The number of aromatic nitrogens is 3. The molecule has 4 rings (SSSR count). The number of hydrogen-bond donors (Lipinski definition) is 0. The van der Waals surface area contributed by atoms with Gasteiger partial charge in [-0.05, 0) is 38.8 Å². The molecule has 0 spiro atoms. The van der Waals surface area contributed by atoms with Crippen LogP contribution in [-0.2, 0) is 20.1 Å². The lowest BCUT2D eigenvalue weighted by atomic mass is 10.1. The molecule has 25 heavy (non-hydrogen) atoms. The van der Waals surface area contributed by atoms with Crippen molar-refractivity contribution < 1.29 is 0 Å². The minimum absolute atomic E-state index is 0.603. The second-order valence-corrected chi connectivity index (χ2v) is 7.89. The molecule has 5 heteroatoms. The van der Waals surface area contributed by atoms with Gasteiger partial charge in [0.25, 0.3) is 0 Å². The molecule has 0 unspecified atom stereocenters. The maximum absolute atomic E-state index is 4.44. The van der Waals surface area contributed by atoms with Gasteiger partial charge in [-0.15, -0.1) is 10.2 Å². The van der Waals surface area contributed by atoms with Gasteiger partial charge in [0, 0.05) is 38.6 Å². The molecule has 1 saturated heterocycles. The fraction of sp³-hybridized carbons (Fsp3) is 0.600. The third-order valence-electron chi connectivity index (χ3n) is 5.69. The minimum Gasteiger partial charge on any atom is -0.317 e. The summed E-state index contributed by atoms with van der Waals surface area (Å²) in [7, 11) is 4.35. The Bertz CT molecular complexity index is 733. The second-order valence-electron chi connectivity index (χ2n) is 7.89. The number of benzene rings is 1. The van der Waals surface area contributed by atoms with Gasteiger partial charge in [-0.1, -0.05) is 29.8 Å². The molecule has 2 aliphatic rings. The Morgan fingerprint density at radius 1 is 1.20 bits per heavy atom. The average molecular weight is 339 g/mol. The van der Waals surface area contributed by atoms with Crippen molar-refractivity contribution in [3.05, 3.63) is 47.0 Å². The van der Waals surface area contributed by atoms with Crippen LogP contribution in [0.4, 0.5) is 0 Å². The zero-order chi connectivity index (χ0) is 17.4. The molecule has 1 aromatic heterocycles. The summed E-state index contributed by atoms with van der Waals surface area (Å²) in [5.41, 5.74) is 2.77. The van der Waals surface area contributed by atoms with Gasteiger partial charge in [-0.3, -0.25) is 9.80 Å². The molecular formula is C20H29N5. The molecule has 1 aliphatic carbocycles. The fourth-order valence-corrected chi connectivity index (χ4v) is 3.95. The molecule has 0 amide bonds. The molecule has 134 valence electrons. The van der Waals surface area contributed by atoms with Gasteiger partial charge in [-0.25, -0.2) is 0 Å². The lowest BCUT2D eigenvalue weighted by Crippen LogP contribution is -2.34. The Hall–Kier alpha value is -1.72. The van der Waals surface area contributed by atoms with Crippen molar-refractivity contribution in [2.45, 2.75) is 51.2 Å². The van der Waals surface area contributed by atoms with E-state index in [0.29, 0.717) is 12.0 Å². The fourth-order valence-electron chi connectivity index (χ4n) is 3.95. The van der Waals surface area contributed by atoms with E-state index in [1.807, 2.05) is 0 Å². The predicted molar refractivity (Wildman–Crippen MR) is 99.3 cm³/mol. The quantitative estimate of drug-likeness (QED) is 0.811. The molecule has 0 bridgehead atoms. The summed E-state index contributed by atoms with van der Waals surface area (Å²) >= 11 is 0. The zero-order valence-corrected chi connectivity index (χ0v) is 15.6. The van der Waals surface area contributed by atoms with Crippen molar-refractivity contribution in [3.8, 4) is 0 Å². The van der Waals surface area contributed by atoms with Crippen molar-refractivity contribution in [1.29, 1.82) is 0 Å². The monoisotopic (exact) mass is 339 g/mol. The van der Waals surface area contributed by atoms with Gasteiger partial charge in [0.05, 0.1) is 6.54 Å². The van der Waals surface area contributed by atoms with Crippen LogP contribution in [0.5, 0.6) is 0 Å². The molecule has 2 aromatic rings. The highest BCUT2D eigenvalue weighted by atomic mass is 15.3. The highest BCUT2D eigenvalue weighted by Crippen LogP contribution is 2.38. The summed E-state index contributed by atoms with van der Waals surface area (Å²) in [6.45, 7) is 6.43. The van der Waals surface area contributed by atoms with E-state index in [-0.39, 0.29) is 0 Å². The number of likely N-dealkylation sites (N-methyl/N-ethyl adjacent to an activating group) is 1. The van der Waals surface area contributed by atoms with E-state index < -0.39 is 0 Å². The largest absolute Gasteiger partial charge is 0.317 e. The van der Waals surface area contributed by atoms with E-state index in [1.54, 1.807) is 0 Å². The van der Waals surface area contributed by atoms with Crippen LogP contribution in [0.1, 0.15) is 48.0 Å². The Morgan fingerprint density at radius 2 is 2.04 bits per heavy atom. The average Bonchev–Trinajstić information content (AvgIpc) is 3.21. The number of likely N-dealkylation sites (tertiary alicyclic amines) is 1. The third kappa shape index (κ3) is 3.77. The minimum atomic E-state index is 0.603. The van der Waals surface area contributed by atoms with E-state index in [4.69, 9.17) is 0 Å². The van der Waals surface area contributed by atoms with Gasteiger partial charge in [-0.2, -0.15) is 0 Å². The first kappa shape index (κ1) is 16.7. The van der Waals surface area contributed by atoms with E-state index in [1.165, 1.54) is 42.8 Å². The van der Waals surface area contributed by atoms with Gasteiger partial charge in [0.2, 0.25) is 0 Å². The molecule has 5 nitrogen and oxygen atoms in total. The number of hydrogen-bond acceptors (Lipinski definition) is 4. The molecule has 2 fully saturated rings. The Kier molecular flexibility index (Phi) is 4.61. The topological polar surface area (TPSA) is 37.2 Å². The van der Waals surface area contributed by atoms with Crippen LogP contribution in [0.3, 0.4) is 0 Å². The third-order valence-corrected chi connectivity index (χ3v) is 5.69. The van der Waals surface area contributed by atoms with Crippen molar-refractivity contribution in [1.82, 2.24) is 24.6 Å². The Morgan fingerprint density at radius 3 is 2.80 bits per heavy atom. The van der Waals surface area contributed by atoms with Crippen LogP contribution >= 0.6 is 0 Å². The van der Waals surface area contributed by atoms with Crippen LogP contribution in [0, 0.1) is 6.92 Å². The van der Waals surface area contributed by atoms with Crippen LogP contribution in [0.2, 0.25) is 0 Å². The zero-order valence-electron chi connectivity index (χ0n) is 15.6. The van der Waals surface area contributed by atoms with Crippen molar-refractivity contribution in [2.24, 2.45) is 7.05 Å². The summed E-state index contributed by atoms with van der Waals surface area (Å²) in [6, 6.07) is 9.47. The van der Waals surface area contributed by atoms with E-state index >= 15 is 0 Å². The lowest BCUT2D eigenvalue weighted by molar-refractivity contribution is 0.216. The first-order valence-corrected chi connectivity index (χ1v) is 9.46. The molecular weight excluding hydrogens is 310 g/mol. The first-order valence-electron chi connectivity index (χ1n) is 9.46. The second kappa shape index (κ2) is 6.89. The lowest BCUT2D eigenvalue weighted by Gasteiger charge is -2.24. The molecule has 1 saturated carbocycles. The van der Waals surface area contributed by atoms with Crippen LogP contribution < -0.4 is 0 Å². The van der Waals surface area contributed by atoms with Crippen molar-refractivity contribution in [3.63, 3.8) is 0 Å². The molecule has 2 heterocycles. The van der Waals surface area contributed by atoms with Gasteiger partial charge in [0.1, 0.15) is 11.6 Å². The van der Waals surface area contributed by atoms with Crippen LogP contribution in [0.15, 0.2) is 24.3 Å². The normalized spacial score (nSPS) is 21.4. The number of aryl methyl sites for hydroxylation is 1. The molecule has 1 atom stereocenters. The highest BCUT2D eigenvalue weighted by Gasteiger charge is 2.30. The molecule has 1 aromatic carbocycles. The highest BCUT2D eigenvalue weighted by molar-refractivity contribution is 5.22. The van der Waals surface area contributed by atoms with Crippen molar-refractivity contribution in [2.75, 3.05) is 20.1 Å². The number of rotatable bonds is 6. The summed E-state index contributed by atoms with van der Waals surface area (Å²) < 4.78 is 2.22. The summed E-state index contributed by atoms with van der Waals surface area (Å²) in [5, 5.41) is 8.85.